The molecule has 1 fully saturated rings. The van der Waals surface area contributed by atoms with Crippen LogP contribution in [0.5, 0.6) is 0 Å². The van der Waals surface area contributed by atoms with Crippen LogP contribution in [0.1, 0.15) is 30.4 Å². The summed E-state index contributed by atoms with van der Waals surface area (Å²) in [5.74, 6) is 0.109. The molecular weight excluding hydrogens is 404 g/mol. The lowest BCUT2D eigenvalue weighted by molar-refractivity contribution is -0.141. The molecule has 30 heavy (non-hydrogen) atoms. The number of rotatable bonds is 3. The molecule has 0 atom stereocenters. The van der Waals surface area contributed by atoms with Crippen molar-refractivity contribution in [1.82, 2.24) is 29.5 Å². The second-order valence-electron chi connectivity index (χ2n) is 7.19. The van der Waals surface area contributed by atoms with E-state index in [9.17, 15) is 17.6 Å². The number of ether oxygens (including phenoxy) is 1. The van der Waals surface area contributed by atoms with Crippen molar-refractivity contribution in [2.45, 2.75) is 31.6 Å². The van der Waals surface area contributed by atoms with Crippen LogP contribution in [-0.4, -0.2) is 42.7 Å². The summed E-state index contributed by atoms with van der Waals surface area (Å²) in [6, 6.07) is 4.35. The van der Waals surface area contributed by atoms with Gasteiger partial charge in [0, 0.05) is 24.6 Å². The van der Waals surface area contributed by atoms with Gasteiger partial charge in [-0.3, -0.25) is 4.98 Å². The molecule has 1 saturated heterocycles. The van der Waals surface area contributed by atoms with Crippen molar-refractivity contribution >= 4 is 21.9 Å². The van der Waals surface area contributed by atoms with E-state index in [2.05, 4.69) is 20.3 Å². The molecule has 5 rings (SSSR count). The number of pyridine rings is 1. The number of nitrogens with zero attached hydrogens (tertiary/aromatic N) is 6. The summed E-state index contributed by atoms with van der Waals surface area (Å²) in [6.45, 7) is 1.11. The molecule has 1 aliphatic rings. The fraction of sp³-hybridized carbons (Fsp3) is 0.368. The van der Waals surface area contributed by atoms with Crippen LogP contribution in [0.3, 0.4) is 0 Å². The number of aromatic nitrogens is 6. The molecule has 4 aromatic rings. The average molecular weight is 420 g/mol. The van der Waals surface area contributed by atoms with Crippen molar-refractivity contribution in [1.29, 1.82) is 0 Å². The number of hydrogen-bond acceptors (Lipinski definition) is 5. The summed E-state index contributed by atoms with van der Waals surface area (Å²) < 4.78 is 61.2. The van der Waals surface area contributed by atoms with Crippen LogP contribution in [0.2, 0.25) is 0 Å². The minimum Gasteiger partial charge on any atom is -0.381 e. The van der Waals surface area contributed by atoms with E-state index in [4.69, 9.17) is 4.74 Å². The number of fused-ring (bicyclic) bond motifs is 3. The summed E-state index contributed by atoms with van der Waals surface area (Å²) >= 11 is 0. The van der Waals surface area contributed by atoms with Crippen LogP contribution in [-0.2, 0) is 17.5 Å². The molecule has 1 aromatic carbocycles. The highest BCUT2D eigenvalue weighted by molar-refractivity contribution is 6.02. The minimum absolute atomic E-state index is 0.00801. The molecule has 11 heteroatoms. The first kappa shape index (κ1) is 18.9. The maximum absolute atomic E-state index is 14.0. The molecule has 156 valence electrons. The molecule has 0 bridgehead atoms. The monoisotopic (exact) mass is 420 g/mol. The van der Waals surface area contributed by atoms with Crippen molar-refractivity contribution in [3.8, 4) is 0 Å². The number of imidazole rings is 1. The summed E-state index contributed by atoms with van der Waals surface area (Å²) in [6.07, 6.45) is -0.705. The fourth-order valence-electron chi connectivity index (χ4n) is 3.90. The van der Waals surface area contributed by atoms with Gasteiger partial charge >= 0.3 is 6.18 Å². The second-order valence-corrected chi connectivity index (χ2v) is 7.19. The molecule has 0 unspecified atom stereocenters. The predicted octanol–water partition coefficient (Wildman–Crippen LogP) is 3.73. The van der Waals surface area contributed by atoms with Crippen molar-refractivity contribution in [3.05, 3.63) is 47.9 Å². The molecule has 1 aliphatic heterocycles. The van der Waals surface area contributed by atoms with E-state index in [0.29, 0.717) is 53.8 Å². The van der Waals surface area contributed by atoms with Crippen LogP contribution in [0.15, 0.2) is 30.6 Å². The summed E-state index contributed by atoms with van der Waals surface area (Å²) in [7, 11) is 0. The predicted molar refractivity (Wildman–Crippen MR) is 98.2 cm³/mol. The zero-order valence-corrected chi connectivity index (χ0v) is 15.6. The van der Waals surface area contributed by atoms with E-state index in [0.717, 1.165) is 10.9 Å². The number of hydrogen-bond donors (Lipinski definition) is 0. The number of alkyl halides is 3. The zero-order valence-electron chi connectivity index (χ0n) is 15.6. The quantitative estimate of drug-likeness (QED) is 0.473. The van der Waals surface area contributed by atoms with Gasteiger partial charge in [0.05, 0.1) is 23.4 Å². The van der Waals surface area contributed by atoms with Crippen molar-refractivity contribution in [2.75, 3.05) is 13.2 Å². The van der Waals surface area contributed by atoms with Gasteiger partial charge in [0.25, 0.3) is 0 Å². The third-order valence-corrected chi connectivity index (χ3v) is 5.24. The van der Waals surface area contributed by atoms with Crippen LogP contribution >= 0.6 is 0 Å². The summed E-state index contributed by atoms with van der Waals surface area (Å²) in [5.41, 5.74) is 0.803. The molecule has 0 N–H and O–H groups in total. The van der Waals surface area contributed by atoms with Crippen molar-refractivity contribution < 1.29 is 22.3 Å². The summed E-state index contributed by atoms with van der Waals surface area (Å²) in [5, 5.41) is 7.42. The average Bonchev–Trinajstić information content (AvgIpc) is 3.33. The third-order valence-electron chi connectivity index (χ3n) is 5.24. The van der Waals surface area contributed by atoms with E-state index in [1.54, 1.807) is 12.3 Å². The molecule has 0 amide bonds. The normalized spacial score (nSPS) is 16.0. The summed E-state index contributed by atoms with van der Waals surface area (Å²) in [4.78, 5) is 8.94. The first-order chi connectivity index (χ1) is 14.4. The Morgan fingerprint density at radius 1 is 1.13 bits per heavy atom. The van der Waals surface area contributed by atoms with E-state index in [1.165, 1.54) is 12.1 Å². The van der Waals surface area contributed by atoms with Crippen LogP contribution < -0.4 is 0 Å². The minimum atomic E-state index is -4.57. The van der Waals surface area contributed by atoms with E-state index >= 15 is 0 Å². The van der Waals surface area contributed by atoms with Crippen molar-refractivity contribution in [3.63, 3.8) is 0 Å². The maximum Gasteiger partial charge on any atom is 0.436 e. The van der Waals surface area contributed by atoms with E-state index in [1.807, 2.05) is 4.57 Å². The Morgan fingerprint density at radius 3 is 2.67 bits per heavy atom. The highest BCUT2D eigenvalue weighted by Crippen LogP contribution is 2.33. The molecule has 3 aromatic heterocycles. The molecule has 4 heterocycles. The highest BCUT2D eigenvalue weighted by atomic mass is 19.4. The van der Waals surface area contributed by atoms with Gasteiger partial charge in [-0.1, -0.05) is 5.21 Å². The largest absolute Gasteiger partial charge is 0.436 e. The molecule has 0 saturated carbocycles. The third kappa shape index (κ3) is 3.28. The Balaban J connectivity index is 1.68. The Hall–Kier alpha value is -3.08. The molecule has 0 radical (unpaired) electrons. The molecule has 0 spiro atoms. The van der Waals surface area contributed by atoms with Gasteiger partial charge in [0.15, 0.2) is 5.69 Å². The van der Waals surface area contributed by atoms with Crippen LogP contribution in [0.4, 0.5) is 17.6 Å². The van der Waals surface area contributed by atoms with Gasteiger partial charge in [-0.15, -0.1) is 5.10 Å². The standard InChI is InChI=1S/C19H16F4N6O/c20-11-1-2-14-13(7-11)18-15(8-24-14)25-17(29(18)12-3-5-30-6-4-12)10-28-9-16(26-27-28)19(21,22)23/h1-2,7-9,12H,3-6,10H2. The van der Waals surface area contributed by atoms with Gasteiger partial charge < -0.3 is 9.30 Å². The van der Waals surface area contributed by atoms with E-state index < -0.39 is 17.7 Å². The molecule has 7 nitrogen and oxygen atoms in total. The van der Waals surface area contributed by atoms with Gasteiger partial charge in [-0.25, -0.2) is 14.1 Å². The van der Waals surface area contributed by atoms with Gasteiger partial charge in [0.2, 0.25) is 0 Å². The van der Waals surface area contributed by atoms with Crippen molar-refractivity contribution in [2.24, 2.45) is 0 Å². The van der Waals surface area contributed by atoms with E-state index in [-0.39, 0.29) is 12.6 Å². The lowest BCUT2D eigenvalue weighted by Crippen LogP contribution is -2.22. The highest BCUT2D eigenvalue weighted by Gasteiger charge is 2.34. The Bertz CT molecular complexity index is 1230. The van der Waals surface area contributed by atoms with Gasteiger partial charge in [0.1, 0.15) is 23.7 Å². The second kappa shape index (κ2) is 7.01. The Kier molecular flexibility index (Phi) is 4.42. The maximum atomic E-state index is 14.0. The smallest absolute Gasteiger partial charge is 0.381 e. The lowest BCUT2D eigenvalue weighted by atomic mass is 10.1. The Morgan fingerprint density at radius 2 is 1.93 bits per heavy atom. The first-order valence-corrected chi connectivity index (χ1v) is 9.40. The number of benzene rings is 1. The molecule has 0 aliphatic carbocycles. The lowest BCUT2D eigenvalue weighted by Gasteiger charge is -2.26. The number of halogens is 4. The Labute approximate surface area is 167 Å². The fourth-order valence-corrected chi connectivity index (χ4v) is 3.90. The molecular formula is C19H16F4N6O. The van der Waals surface area contributed by atoms with Gasteiger partial charge in [-0.2, -0.15) is 13.2 Å². The van der Waals surface area contributed by atoms with Crippen LogP contribution in [0.25, 0.3) is 21.9 Å². The van der Waals surface area contributed by atoms with Gasteiger partial charge in [-0.05, 0) is 31.0 Å². The van der Waals surface area contributed by atoms with Crippen LogP contribution in [0, 0.1) is 5.82 Å². The zero-order chi connectivity index (χ0) is 20.9. The SMILES string of the molecule is Fc1ccc2ncc3nc(Cn4cc(C(F)(F)F)nn4)n(C4CCOCC4)c3c2c1. The topological polar surface area (TPSA) is 70.7 Å². The first-order valence-electron chi connectivity index (χ1n) is 9.40.